The molecule has 3 N–H and O–H groups in total. The number of fused-ring (bicyclic) bond motifs is 3. The zero-order valence-electron chi connectivity index (χ0n) is 23.1. The molecule has 7 atom stereocenters. The van der Waals surface area contributed by atoms with Crippen molar-refractivity contribution in [1.29, 1.82) is 0 Å². The van der Waals surface area contributed by atoms with Gasteiger partial charge >= 0.3 is 11.9 Å². The third-order valence-electron chi connectivity index (χ3n) is 10.4. The summed E-state index contributed by atoms with van der Waals surface area (Å²) in [6.07, 6.45) is 7.48. The standard InChI is InChI=1S/C31H46O5/c1-18(2)20(5)9-10-21(28(35)36)27-25(32)17-31(8)24-12-11-22(19(3)4)29(6,15-14-26(33)34)23(24)13-16-30(27,31)7/h12-13,18,21-22,25,27,32H,3,5,9-11,14-17H2,1-2,4,6-8H3,(H,33,34)(H,35,36)/t21-,22+,25-,27+,29+,30-,31+/m0/s1. The first-order valence-corrected chi connectivity index (χ1v) is 13.5. The molecule has 0 radical (unpaired) electrons. The van der Waals surface area contributed by atoms with Crippen LogP contribution in [0.3, 0.4) is 0 Å². The number of aliphatic hydroxyl groups excluding tert-OH is 1. The van der Waals surface area contributed by atoms with Crippen LogP contribution in [0.15, 0.2) is 47.6 Å². The Morgan fingerprint density at radius 1 is 1.08 bits per heavy atom. The Kier molecular flexibility index (Phi) is 7.87. The van der Waals surface area contributed by atoms with Gasteiger partial charge in [-0.05, 0) is 79.3 Å². The summed E-state index contributed by atoms with van der Waals surface area (Å²) in [5.74, 6) is -2.22. The van der Waals surface area contributed by atoms with Gasteiger partial charge in [-0.3, -0.25) is 9.59 Å². The maximum atomic E-state index is 12.6. The summed E-state index contributed by atoms with van der Waals surface area (Å²) in [4.78, 5) is 24.1. The van der Waals surface area contributed by atoms with Crippen molar-refractivity contribution in [1.82, 2.24) is 0 Å². The molecule has 0 amide bonds. The van der Waals surface area contributed by atoms with Gasteiger partial charge in [0.2, 0.25) is 0 Å². The van der Waals surface area contributed by atoms with Gasteiger partial charge in [0.05, 0.1) is 12.0 Å². The van der Waals surface area contributed by atoms with E-state index >= 15 is 0 Å². The molecule has 0 bridgehead atoms. The van der Waals surface area contributed by atoms with Crippen molar-refractivity contribution in [2.45, 2.75) is 92.6 Å². The van der Waals surface area contributed by atoms with Crippen LogP contribution in [-0.2, 0) is 9.59 Å². The van der Waals surface area contributed by atoms with Gasteiger partial charge in [-0.2, -0.15) is 0 Å². The van der Waals surface area contributed by atoms with E-state index in [1.54, 1.807) is 0 Å². The summed E-state index contributed by atoms with van der Waals surface area (Å²) in [5, 5.41) is 31.2. The average Bonchev–Trinajstić information content (AvgIpc) is 2.98. The molecule has 0 aromatic rings. The van der Waals surface area contributed by atoms with Crippen LogP contribution < -0.4 is 0 Å². The molecule has 0 aromatic heterocycles. The zero-order chi connectivity index (χ0) is 27.2. The van der Waals surface area contributed by atoms with E-state index in [4.69, 9.17) is 0 Å². The van der Waals surface area contributed by atoms with E-state index in [9.17, 15) is 24.9 Å². The molecular formula is C31H46O5. The highest BCUT2D eigenvalue weighted by molar-refractivity contribution is 5.71. The van der Waals surface area contributed by atoms with Crippen molar-refractivity contribution >= 4 is 11.9 Å². The van der Waals surface area contributed by atoms with E-state index in [-0.39, 0.29) is 23.7 Å². The second-order valence-corrected chi connectivity index (χ2v) is 12.7. The number of aliphatic hydroxyl groups is 1. The topological polar surface area (TPSA) is 94.8 Å². The average molecular weight is 499 g/mol. The number of carbonyl (C=O) groups is 2. The molecule has 1 fully saturated rings. The van der Waals surface area contributed by atoms with Crippen LogP contribution in [0.4, 0.5) is 0 Å². The minimum atomic E-state index is -0.845. The molecule has 5 heteroatoms. The van der Waals surface area contributed by atoms with Crippen molar-refractivity contribution in [2.24, 2.45) is 39.9 Å². The second-order valence-electron chi connectivity index (χ2n) is 12.7. The van der Waals surface area contributed by atoms with Crippen LogP contribution in [0.1, 0.15) is 86.5 Å². The molecule has 3 rings (SSSR count). The predicted octanol–water partition coefficient (Wildman–Crippen LogP) is 6.80. The van der Waals surface area contributed by atoms with Crippen LogP contribution in [0.2, 0.25) is 0 Å². The van der Waals surface area contributed by atoms with Crippen LogP contribution in [0.25, 0.3) is 0 Å². The third kappa shape index (κ3) is 4.53. The Labute approximate surface area is 217 Å². The number of carboxylic acids is 2. The molecule has 200 valence electrons. The zero-order valence-corrected chi connectivity index (χ0v) is 23.1. The molecule has 36 heavy (non-hydrogen) atoms. The third-order valence-corrected chi connectivity index (χ3v) is 10.4. The van der Waals surface area contributed by atoms with Gasteiger partial charge in [-0.25, -0.2) is 0 Å². The lowest BCUT2D eigenvalue weighted by molar-refractivity contribution is -0.148. The fraction of sp³-hybridized carbons (Fsp3) is 0.677. The molecule has 3 aliphatic carbocycles. The Bertz CT molecular complexity index is 1000. The molecule has 0 heterocycles. The number of hydrogen-bond acceptors (Lipinski definition) is 3. The van der Waals surface area contributed by atoms with E-state index in [0.29, 0.717) is 38.0 Å². The number of carboxylic acid groups (broad SMARTS) is 2. The molecule has 1 saturated carbocycles. The number of rotatable bonds is 10. The summed E-state index contributed by atoms with van der Waals surface area (Å²) in [6, 6.07) is 0. The van der Waals surface area contributed by atoms with E-state index < -0.39 is 34.8 Å². The van der Waals surface area contributed by atoms with Gasteiger partial charge in [0.1, 0.15) is 0 Å². The van der Waals surface area contributed by atoms with E-state index in [2.05, 4.69) is 59.9 Å². The largest absolute Gasteiger partial charge is 0.481 e. The highest BCUT2D eigenvalue weighted by atomic mass is 16.4. The van der Waals surface area contributed by atoms with Crippen molar-refractivity contribution in [2.75, 3.05) is 0 Å². The molecular weight excluding hydrogens is 452 g/mol. The summed E-state index contributed by atoms with van der Waals surface area (Å²) in [6.45, 7) is 21.1. The first-order chi connectivity index (χ1) is 16.6. The van der Waals surface area contributed by atoms with Gasteiger partial charge in [0.25, 0.3) is 0 Å². The minimum absolute atomic E-state index is 0.0883. The molecule has 0 aromatic carbocycles. The van der Waals surface area contributed by atoms with Crippen molar-refractivity contribution < 1.29 is 24.9 Å². The van der Waals surface area contributed by atoms with Gasteiger partial charge in [-0.1, -0.05) is 71.1 Å². The number of hydrogen-bond donors (Lipinski definition) is 3. The molecule has 3 aliphatic rings. The minimum Gasteiger partial charge on any atom is -0.481 e. The Morgan fingerprint density at radius 2 is 1.72 bits per heavy atom. The normalized spacial score (nSPS) is 36.4. The Hall–Kier alpha value is -2.14. The lowest BCUT2D eigenvalue weighted by Crippen LogP contribution is -2.48. The van der Waals surface area contributed by atoms with Gasteiger partial charge < -0.3 is 15.3 Å². The molecule has 0 unspecified atom stereocenters. The summed E-state index contributed by atoms with van der Waals surface area (Å²) in [5.41, 5.74) is 3.28. The van der Waals surface area contributed by atoms with Gasteiger partial charge in [0, 0.05) is 17.8 Å². The SMILES string of the molecule is C=C(CC[C@H](C(=O)O)[C@@H]1[C@@H](O)C[C@]2(C)C3=CC[C@H](C(=C)C)[C@@](C)(CCC(=O)O)C3=CC[C@@]12C)C(C)C. The lowest BCUT2D eigenvalue weighted by atomic mass is 9.48. The Balaban J connectivity index is 2.05. The number of aliphatic carboxylic acids is 2. The highest BCUT2D eigenvalue weighted by Gasteiger charge is 2.65. The molecule has 0 spiro atoms. The van der Waals surface area contributed by atoms with Gasteiger partial charge in [-0.15, -0.1) is 0 Å². The highest BCUT2D eigenvalue weighted by Crippen LogP contribution is 2.70. The lowest BCUT2D eigenvalue weighted by Gasteiger charge is -2.56. The first-order valence-electron chi connectivity index (χ1n) is 13.5. The van der Waals surface area contributed by atoms with E-state index in [1.807, 2.05) is 6.92 Å². The van der Waals surface area contributed by atoms with E-state index in [0.717, 1.165) is 17.6 Å². The molecule has 5 nitrogen and oxygen atoms in total. The Morgan fingerprint density at radius 3 is 2.25 bits per heavy atom. The maximum absolute atomic E-state index is 12.6. The first kappa shape index (κ1) is 28.4. The van der Waals surface area contributed by atoms with Crippen LogP contribution >= 0.6 is 0 Å². The maximum Gasteiger partial charge on any atom is 0.306 e. The fourth-order valence-corrected chi connectivity index (χ4v) is 7.85. The van der Waals surface area contributed by atoms with Crippen molar-refractivity contribution in [3.8, 4) is 0 Å². The van der Waals surface area contributed by atoms with Gasteiger partial charge in [0.15, 0.2) is 0 Å². The fourth-order valence-electron chi connectivity index (χ4n) is 7.85. The van der Waals surface area contributed by atoms with Crippen LogP contribution in [0, 0.1) is 39.9 Å². The van der Waals surface area contributed by atoms with Crippen LogP contribution in [-0.4, -0.2) is 33.4 Å². The smallest absolute Gasteiger partial charge is 0.306 e. The second kappa shape index (κ2) is 9.96. The number of allylic oxidation sites excluding steroid dienone is 6. The summed E-state index contributed by atoms with van der Waals surface area (Å²) >= 11 is 0. The van der Waals surface area contributed by atoms with Crippen LogP contribution in [0.5, 0.6) is 0 Å². The van der Waals surface area contributed by atoms with Crippen molar-refractivity contribution in [3.63, 3.8) is 0 Å². The van der Waals surface area contributed by atoms with Crippen molar-refractivity contribution in [3.05, 3.63) is 47.6 Å². The monoisotopic (exact) mass is 498 g/mol. The van der Waals surface area contributed by atoms with E-state index in [1.165, 1.54) is 11.1 Å². The summed E-state index contributed by atoms with van der Waals surface area (Å²) in [7, 11) is 0. The summed E-state index contributed by atoms with van der Waals surface area (Å²) < 4.78 is 0. The quantitative estimate of drug-likeness (QED) is 0.288. The molecule has 0 saturated heterocycles. The molecule has 0 aliphatic heterocycles. The predicted molar refractivity (Wildman–Crippen MR) is 143 cm³/mol.